The summed E-state index contributed by atoms with van der Waals surface area (Å²) >= 11 is 0. The third-order valence-corrected chi connectivity index (χ3v) is 3.44. The molecule has 3 atom stereocenters. The number of benzene rings is 1. The Bertz CT molecular complexity index is 380. The van der Waals surface area contributed by atoms with Crippen LogP contribution in [0.25, 0.3) is 0 Å². The van der Waals surface area contributed by atoms with Crippen molar-refractivity contribution in [2.24, 2.45) is 11.8 Å². The van der Waals surface area contributed by atoms with Gasteiger partial charge in [-0.15, -0.1) is 0 Å². The van der Waals surface area contributed by atoms with E-state index in [9.17, 15) is 4.39 Å². The molecular formula is C13H18FNO. The van der Waals surface area contributed by atoms with Crippen LogP contribution in [0, 0.1) is 17.7 Å². The maximum absolute atomic E-state index is 13.3. The van der Waals surface area contributed by atoms with Gasteiger partial charge in [0.25, 0.3) is 0 Å². The molecule has 0 amide bonds. The highest BCUT2D eigenvalue weighted by atomic mass is 19.1. The average molecular weight is 223 g/mol. The summed E-state index contributed by atoms with van der Waals surface area (Å²) in [6, 6.07) is 4.90. The Labute approximate surface area is 95.8 Å². The van der Waals surface area contributed by atoms with Crippen LogP contribution < -0.4 is 10.1 Å². The van der Waals surface area contributed by atoms with E-state index in [1.807, 2.05) is 7.05 Å². The first-order chi connectivity index (χ1) is 7.67. The van der Waals surface area contributed by atoms with Crippen LogP contribution in [0.5, 0.6) is 5.75 Å². The van der Waals surface area contributed by atoms with Crippen molar-refractivity contribution in [3.8, 4) is 5.75 Å². The number of halogens is 1. The highest BCUT2D eigenvalue weighted by Crippen LogP contribution is 2.48. The van der Waals surface area contributed by atoms with Crippen LogP contribution in [-0.2, 0) is 0 Å². The molecule has 0 radical (unpaired) electrons. The highest BCUT2D eigenvalue weighted by molar-refractivity contribution is 5.37. The molecule has 0 aliphatic heterocycles. The fraction of sp³-hybridized carbons (Fsp3) is 0.538. The number of methoxy groups -OCH3 is 1. The zero-order valence-electron chi connectivity index (χ0n) is 9.96. The Morgan fingerprint density at radius 1 is 1.50 bits per heavy atom. The van der Waals surface area contributed by atoms with E-state index in [0.29, 0.717) is 11.8 Å². The second-order valence-electron chi connectivity index (χ2n) is 4.53. The lowest BCUT2D eigenvalue weighted by molar-refractivity contribution is 0.392. The molecule has 3 unspecified atom stereocenters. The molecule has 1 aliphatic carbocycles. The smallest absolute Gasteiger partial charge is 0.123 e. The molecule has 1 fully saturated rings. The number of hydrogen-bond acceptors (Lipinski definition) is 2. The average Bonchev–Trinajstić information content (AvgIpc) is 2.97. The molecule has 3 heteroatoms. The third kappa shape index (κ3) is 2.05. The van der Waals surface area contributed by atoms with Crippen molar-refractivity contribution in [2.45, 2.75) is 19.4 Å². The summed E-state index contributed by atoms with van der Waals surface area (Å²) in [4.78, 5) is 0. The molecule has 0 bridgehead atoms. The lowest BCUT2D eigenvalue weighted by Crippen LogP contribution is -2.20. The molecule has 1 saturated carbocycles. The second kappa shape index (κ2) is 4.42. The summed E-state index contributed by atoms with van der Waals surface area (Å²) in [6.07, 6.45) is 1.20. The summed E-state index contributed by atoms with van der Waals surface area (Å²) in [6.45, 7) is 2.22. The van der Waals surface area contributed by atoms with Crippen LogP contribution in [0.15, 0.2) is 18.2 Å². The van der Waals surface area contributed by atoms with Gasteiger partial charge in [-0.3, -0.25) is 0 Å². The van der Waals surface area contributed by atoms with Gasteiger partial charge in [-0.1, -0.05) is 6.92 Å². The normalized spacial score (nSPS) is 25.2. The van der Waals surface area contributed by atoms with Gasteiger partial charge < -0.3 is 10.1 Å². The Morgan fingerprint density at radius 3 is 2.69 bits per heavy atom. The minimum absolute atomic E-state index is 0.195. The van der Waals surface area contributed by atoms with Crippen LogP contribution in [0.4, 0.5) is 4.39 Å². The molecule has 2 rings (SSSR count). The number of rotatable bonds is 4. The number of ether oxygens (including phenoxy) is 1. The monoisotopic (exact) mass is 223 g/mol. The predicted molar refractivity (Wildman–Crippen MR) is 62.0 cm³/mol. The molecule has 0 saturated heterocycles. The van der Waals surface area contributed by atoms with Crippen LogP contribution in [0.2, 0.25) is 0 Å². The molecule has 1 aliphatic rings. The van der Waals surface area contributed by atoms with E-state index in [1.165, 1.54) is 12.5 Å². The lowest BCUT2D eigenvalue weighted by atomic mass is 10.00. The van der Waals surface area contributed by atoms with E-state index in [-0.39, 0.29) is 11.9 Å². The van der Waals surface area contributed by atoms with Gasteiger partial charge in [0.15, 0.2) is 0 Å². The van der Waals surface area contributed by atoms with Gasteiger partial charge in [0, 0.05) is 11.6 Å². The number of hydrogen-bond donors (Lipinski definition) is 1. The van der Waals surface area contributed by atoms with Gasteiger partial charge in [0.05, 0.1) is 7.11 Å². The molecular weight excluding hydrogens is 205 g/mol. The molecule has 0 heterocycles. The summed E-state index contributed by atoms with van der Waals surface area (Å²) in [5, 5.41) is 3.27. The molecule has 1 aromatic rings. The first-order valence-corrected chi connectivity index (χ1v) is 5.68. The summed E-state index contributed by atoms with van der Waals surface area (Å²) < 4.78 is 18.6. The fourth-order valence-electron chi connectivity index (χ4n) is 2.36. The maximum atomic E-state index is 13.3. The molecule has 0 spiro atoms. The maximum Gasteiger partial charge on any atom is 0.123 e. The van der Waals surface area contributed by atoms with Gasteiger partial charge in [0.1, 0.15) is 11.6 Å². The van der Waals surface area contributed by atoms with E-state index < -0.39 is 0 Å². The van der Waals surface area contributed by atoms with Crippen molar-refractivity contribution < 1.29 is 9.13 Å². The zero-order valence-corrected chi connectivity index (χ0v) is 9.96. The Kier molecular flexibility index (Phi) is 3.15. The Morgan fingerprint density at radius 2 is 2.19 bits per heavy atom. The van der Waals surface area contributed by atoms with Crippen molar-refractivity contribution in [2.75, 3.05) is 14.2 Å². The predicted octanol–water partition coefficient (Wildman–Crippen LogP) is 2.75. The van der Waals surface area contributed by atoms with Crippen molar-refractivity contribution in [3.63, 3.8) is 0 Å². The quantitative estimate of drug-likeness (QED) is 0.847. The van der Waals surface area contributed by atoms with Crippen LogP contribution in [0.1, 0.15) is 24.9 Å². The van der Waals surface area contributed by atoms with Crippen LogP contribution in [-0.4, -0.2) is 14.2 Å². The molecule has 16 heavy (non-hydrogen) atoms. The molecule has 2 nitrogen and oxygen atoms in total. The van der Waals surface area contributed by atoms with Gasteiger partial charge in [-0.2, -0.15) is 0 Å². The van der Waals surface area contributed by atoms with Gasteiger partial charge in [-0.05, 0) is 43.5 Å². The standard InChI is InChI=1S/C13H18FNO/c1-8-6-10(8)13(15-2)11-7-9(14)4-5-12(11)16-3/h4-5,7-8,10,13,15H,6H2,1-3H3. The molecule has 0 aromatic heterocycles. The Balaban J connectivity index is 2.32. The SMILES string of the molecule is CNC(c1cc(F)ccc1OC)C1CC1C. The minimum Gasteiger partial charge on any atom is -0.496 e. The molecule has 88 valence electrons. The summed E-state index contributed by atoms with van der Waals surface area (Å²) in [7, 11) is 3.54. The number of nitrogens with one attached hydrogen (secondary N) is 1. The van der Waals surface area contributed by atoms with Crippen molar-refractivity contribution >= 4 is 0 Å². The van der Waals surface area contributed by atoms with Gasteiger partial charge >= 0.3 is 0 Å². The third-order valence-electron chi connectivity index (χ3n) is 3.44. The molecule has 1 aromatic carbocycles. The summed E-state index contributed by atoms with van der Waals surface area (Å²) in [5.41, 5.74) is 0.930. The Hall–Kier alpha value is -1.09. The van der Waals surface area contributed by atoms with Crippen molar-refractivity contribution in [1.29, 1.82) is 0 Å². The van der Waals surface area contributed by atoms with E-state index >= 15 is 0 Å². The zero-order chi connectivity index (χ0) is 11.7. The molecule has 1 N–H and O–H groups in total. The van der Waals surface area contributed by atoms with Crippen molar-refractivity contribution in [3.05, 3.63) is 29.6 Å². The van der Waals surface area contributed by atoms with Gasteiger partial charge in [-0.25, -0.2) is 4.39 Å². The largest absolute Gasteiger partial charge is 0.496 e. The highest BCUT2D eigenvalue weighted by Gasteiger charge is 2.40. The van der Waals surface area contributed by atoms with E-state index in [0.717, 1.165) is 11.3 Å². The van der Waals surface area contributed by atoms with E-state index in [1.54, 1.807) is 19.2 Å². The van der Waals surface area contributed by atoms with Crippen LogP contribution >= 0.6 is 0 Å². The van der Waals surface area contributed by atoms with Crippen LogP contribution in [0.3, 0.4) is 0 Å². The summed E-state index contributed by atoms with van der Waals surface area (Å²) in [5.74, 6) is 1.87. The lowest BCUT2D eigenvalue weighted by Gasteiger charge is -2.19. The minimum atomic E-state index is -0.204. The first-order valence-electron chi connectivity index (χ1n) is 5.68. The fourth-order valence-corrected chi connectivity index (χ4v) is 2.36. The second-order valence-corrected chi connectivity index (χ2v) is 4.53. The van der Waals surface area contributed by atoms with Gasteiger partial charge in [0.2, 0.25) is 0 Å². The van der Waals surface area contributed by atoms with Crippen molar-refractivity contribution in [1.82, 2.24) is 5.32 Å². The van der Waals surface area contributed by atoms with E-state index in [2.05, 4.69) is 12.2 Å². The van der Waals surface area contributed by atoms with E-state index in [4.69, 9.17) is 4.74 Å². The first kappa shape index (κ1) is 11.4. The topological polar surface area (TPSA) is 21.3 Å².